The molecule has 3 heterocycles. The lowest BCUT2D eigenvalue weighted by Crippen LogP contribution is -2.35. The second kappa shape index (κ2) is 5.29. The molecule has 2 aromatic heterocycles. The Morgan fingerprint density at radius 2 is 2.00 bits per heavy atom. The minimum absolute atomic E-state index is 0.0976. The zero-order chi connectivity index (χ0) is 16.8. The maximum Gasteiger partial charge on any atom is 0.345 e. The molecule has 0 fully saturated rings. The molecular weight excluding hydrogens is 310 g/mol. The van der Waals surface area contributed by atoms with Crippen LogP contribution in [-0.2, 0) is 31.9 Å². The van der Waals surface area contributed by atoms with Crippen molar-refractivity contribution in [2.45, 2.75) is 19.4 Å². The molecule has 124 valence electrons. The van der Waals surface area contributed by atoms with Crippen LogP contribution in [0.1, 0.15) is 12.2 Å². The number of carbonyl (C=O) groups is 1. The molecule has 0 radical (unpaired) electrons. The Bertz CT molecular complexity index is 997. The summed E-state index contributed by atoms with van der Waals surface area (Å²) in [5, 5.41) is 15.5. The average molecular weight is 327 g/mol. The number of rotatable bonds is 2. The number of hydrogen-bond donors (Lipinski definition) is 1. The third-order valence-electron chi connectivity index (χ3n) is 4.32. The van der Waals surface area contributed by atoms with Crippen molar-refractivity contribution in [1.29, 1.82) is 0 Å². The fraction of sp³-hybridized carbons (Fsp3) is 0.400. The first-order chi connectivity index (χ1) is 11.5. The second-order valence-corrected chi connectivity index (χ2v) is 6.05. The number of aromatic nitrogens is 6. The van der Waals surface area contributed by atoms with E-state index in [-0.39, 0.29) is 17.5 Å². The number of benzene rings is 1. The van der Waals surface area contributed by atoms with Gasteiger partial charge in [0.1, 0.15) is 16.9 Å². The maximum absolute atomic E-state index is 12.5. The number of amides is 1. The van der Waals surface area contributed by atoms with Gasteiger partial charge in [-0.1, -0.05) is 0 Å². The monoisotopic (exact) mass is 327 g/mol. The van der Waals surface area contributed by atoms with Crippen molar-refractivity contribution in [2.24, 2.45) is 20.0 Å². The predicted molar refractivity (Wildman–Crippen MR) is 86.4 cm³/mol. The van der Waals surface area contributed by atoms with Crippen molar-refractivity contribution in [3.63, 3.8) is 0 Å². The zero-order valence-electron chi connectivity index (χ0n) is 13.4. The number of nitrogens with one attached hydrogen (secondary N) is 1. The summed E-state index contributed by atoms with van der Waals surface area (Å²) in [5.74, 6) is 0.393. The third kappa shape index (κ3) is 2.38. The van der Waals surface area contributed by atoms with E-state index in [1.165, 1.54) is 9.48 Å². The highest BCUT2D eigenvalue weighted by atomic mass is 16.2. The van der Waals surface area contributed by atoms with Crippen molar-refractivity contribution >= 4 is 22.6 Å². The van der Waals surface area contributed by atoms with E-state index in [4.69, 9.17) is 0 Å². The standard InChI is InChI=1S/C15H17N7O2/c1-20-15(24)22-8-9(3-6-13(22)19-20)14(23)16-10-4-5-11-12(7-10)18-21(2)17-11/h4-5,7,9H,3,6,8H2,1-2H3,(H,16,23). The van der Waals surface area contributed by atoms with Crippen molar-refractivity contribution < 1.29 is 4.79 Å². The lowest BCUT2D eigenvalue weighted by Gasteiger charge is -2.21. The fourth-order valence-corrected chi connectivity index (χ4v) is 3.10. The van der Waals surface area contributed by atoms with Gasteiger partial charge >= 0.3 is 5.69 Å². The average Bonchev–Trinajstić information content (AvgIpc) is 3.06. The molecule has 0 bridgehead atoms. The highest BCUT2D eigenvalue weighted by Gasteiger charge is 2.27. The summed E-state index contributed by atoms with van der Waals surface area (Å²) < 4.78 is 2.90. The molecule has 24 heavy (non-hydrogen) atoms. The van der Waals surface area contributed by atoms with Crippen LogP contribution in [0.15, 0.2) is 23.0 Å². The van der Waals surface area contributed by atoms with E-state index in [2.05, 4.69) is 20.6 Å². The Labute approximate surface area is 136 Å². The quantitative estimate of drug-likeness (QED) is 0.718. The first kappa shape index (κ1) is 14.6. The van der Waals surface area contributed by atoms with E-state index in [0.29, 0.717) is 25.1 Å². The number of aryl methyl sites for hydroxylation is 3. The largest absolute Gasteiger partial charge is 0.345 e. The summed E-state index contributed by atoms with van der Waals surface area (Å²) in [6.45, 7) is 0.362. The lowest BCUT2D eigenvalue weighted by molar-refractivity contribution is -0.120. The van der Waals surface area contributed by atoms with Crippen LogP contribution in [0.3, 0.4) is 0 Å². The van der Waals surface area contributed by atoms with Crippen LogP contribution in [0.25, 0.3) is 11.0 Å². The van der Waals surface area contributed by atoms with Gasteiger partial charge in [-0.15, -0.1) is 0 Å². The smallest absolute Gasteiger partial charge is 0.326 e. The molecule has 0 saturated heterocycles. The predicted octanol–water partition coefficient (Wildman–Crippen LogP) is 0.0646. The summed E-state index contributed by atoms with van der Waals surface area (Å²) in [7, 11) is 3.38. The third-order valence-corrected chi connectivity index (χ3v) is 4.32. The van der Waals surface area contributed by atoms with Gasteiger partial charge in [0.25, 0.3) is 0 Å². The molecule has 1 aliphatic rings. The number of anilines is 1. The summed E-state index contributed by atoms with van der Waals surface area (Å²) in [6.07, 6.45) is 1.30. The minimum atomic E-state index is -0.253. The molecule has 0 aliphatic carbocycles. The summed E-state index contributed by atoms with van der Waals surface area (Å²) in [5.41, 5.74) is 2.00. The van der Waals surface area contributed by atoms with Crippen molar-refractivity contribution in [2.75, 3.05) is 5.32 Å². The van der Waals surface area contributed by atoms with E-state index in [9.17, 15) is 9.59 Å². The van der Waals surface area contributed by atoms with Gasteiger partial charge in [-0.05, 0) is 24.6 Å². The van der Waals surface area contributed by atoms with Crippen LogP contribution in [0.5, 0.6) is 0 Å². The van der Waals surface area contributed by atoms with Gasteiger partial charge in [-0.3, -0.25) is 9.36 Å². The molecule has 4 rings (SSSR count). The van der Waals surface area contributed by atoms with E-state index >= 15 is 0 Å². The van der Waals surface area contributed by atoms with Crippen LogP contribution < -0.4 is 11.0 Å². The Kier molecular flexibility index (Phi) is 3.22. The van der Waals surface area contributed by atoms with Crippen LogP contribution in [0.2, 0.25) is 0 Å². The van der Waals surface area contributed by atoms with Gasteiger partial charge in [-0.2, -0.15) is 20.1 Å². The van der Waals surface area contributed by atoms with Gasteiger partial charge in [-0.25, -0.2) is 9.48 Å². The van der Waals surface area contributed by atoms with E-state index < -0.39 is 0 Å². The molecule has 1 N–H and O–H groups in total. The minimum Gasteiger partial charge on any atom is -0.326 e. The van der Waals surface area contributed by atoms with Gasteiger partial charge in [0, 0.05) is 32.7 Å². The van der Waals surface area contributed by atoms with Crippen LogP contribution in [0.4, 0.5) is 5.69 Å². The van der Waals surface area contributed by atoms with Crippen LogP contribution >= 0.6 is 0 Å². The Morgan fingerprint density at radius 1 is 1.21 bits per heavy atom. The summed E-state index contributed by atoms with van der Waals surface area (Å²) in [4.78, 5) is 26.0. The molecule has 9 heteroatoms. The van der Waals surface area contributed by atoms with Crippen LogP contribution in [-0.4, -0.2) is 35.2 Å². The van der Waals surface area contributed by atoms with Crippen LogP contribution in [0, 0.1) is 5.92 Å². The van der Waals surface area contributed by atoms with E-state index in [0.717, 1.165) is 16.9 Å². The first-order valence-corrected chi connectivity index (χ1v) is 7.76. The Hall–Kier alpha value is -2.97. The van der Waals surface area contributed by atoms with Crippen molar-refractivity contribution in [3.05, 3.63) is 34.5 Å². The molecule has 1 aromatic carbocycles. The van der Waals surface area contributed by atoms with Gasteiger partial charge in [0.15, 0.2) is 0 Å². The summed E-state index contributed by atoms with van der Waals surface area (Å²) >= 11 is 0. The van der Waals surface area contributed by atoms with Crippen molar-refractivity contribution in [1.82, 2.24) is 29.3 Å². The Balaban J connectivity index is 1.53. The molecule has 0 spiro atoms. The Morgan fingerprint density at radius 3 is 2.83 bits per heavy atom. The molecule has 9 nitrogen and oxygen atoms in total. The van der Waals surface area contributed by atoms with Gasteiger partial charge in [0.05, 0.1) is 5.92 Å². The molecule has 1 atom stereocenters. The molecule has 1 unspecified atom stereocenters. The highest BCUT2D eigenvalue weighted by molar-refractivity contribution is 5.94. The molecule has 1 aliphatic heterocycles. The number of fused-ring (bicyclic) bond motifs is 2. The SMILES string of the molecule is Cn1nc2ccc(NC(=O)C3CCc4nn(C)c(=O)n4C3)cc2n1. The molecule has 1 amide bonds. The number of nitrogens with zero attached hydrogens (tertiary/aromatic N) is 6. The maximum atomic E-state index is 12.5. The summed E-state index contributed by atoms with van der Waals surface area (Å²) in [6, 6.07) is 5.42. The topological polar surface area (TPSA) is 99.6 Å². The first-order valence-electron chi connectivity index (χ1n) is 7.76. The molecule has 3 aromatic rings. The fourth-order valence-electron chi connectivity index (χ4n) is 3.10. The molecular formula is C15H17N7O2. The lowest BCUT2D eigenvalue weighted by atomic mass is 9.98. The van der Waals surface area contributed by atoms with E-state index in [1.54, 1.807) is 30.8 Å². The van der Waals surface area contributed by atoms with Gasteiger partial charge < -0.3 is 5.32 Å². The zero-order valence-corrected chi connectivity index (χ0v) is 13.4. The number of carbonyl (C=O) groups excluding carboxylic acids is 1. The van der Waals surface area contributed by atoms with Gasteiger partial charge in [0.2, 0.25) is 5.91 Å². The normalized spacial score (nSPS) is 17.0. The van der Waals surface area contributed by atoms with E-state index in [1.807, 2.05) is 6.07 Å². The molecule has 0 saturated carbocycles. The highest BCUT2D eigenvalue weighted by Crippen LogP contribution is 2.21. The number of hydrogen-bond acceptors (Lipinski definition) is 5. The van der Waals surface area contributed by atoms with Crippen molar-refractivity contribution in [3.8, 4) is 0 Å². The second-order valence-electron chi connectivity index (χ2n) is 6.05.